The molecule has 1 saturated carbocycles. The summed E-state index contributed by atoms with van der Waals surface area (Å²) in [6.07, 6.45) is 3.39. The zero-order chi connectivity index (χ0) is 10.9. The summed E-state index contributed by atoms with van der Waals surface area (Å²) in [5.41, 5.74) is 2.26. The summed E-state index contributed by atoms with van der Waals surface area (Å²) in [5, 5.41) is 9.46. The number of rotatable bonds is 1. The lowest BCUT2D eigenvalue weighted by Crippen LogP contribution is -2.26. The van der Waals surface area contributed by atoms with E-state index in [4.69, 9.17) is 0 Å². The highest BCUT2D eigenvalue weighted by Gasteiger charge is 2.41. The van der Waals surface area contributed by atoms with Crippen molar-refractivity contribution in [2.75, 3.05) is 0 Å². The molecule has 1 fully saturated rings. The molecule has 1 aliphatic rings. The van der Waals surface area contributed by atoms with Crippen LogP contribution in [0.5, 0.6) is 0 Å². The van der Waals surface area contributed by atoms with Crippen molar-refractivity contribution in [3.8, 4) is 6.07 Å². The molecule has 0 radical (unpaired) electrons. The van der Waals surface area contributed by atoms with Crippen LogP contribution in [0.2, 0.25) is 0 Å². The molecule has 0 amide bonds. The molecule has 1 aliphatic carbocycles. The largest absolute Gasteiger partial charge is 0.197 e. The van der Waals surface area contributed by atoms with Crippen LogP contribution in [0.1, 0.15) is 37.3 Å². The molecule has 1 aromatic rings. The van der Waals surface area contributed by atoms with E-state index in [2.05, 4.69) is 44.2 Å². The topological polar surface area (TPSA) is 23.8 Å². The van der Waals surface area contributed by atoms with Gasteiger partial charge >= 0.3 is 0 Å². The second-order valence-corrected chi connectivity index (χ2v) is 4.74. The molecule has 1 heteroatoms. The van der Waals surface area contributed by atoms with Crippen molar-refractivity contribution < 1.29 is 0 Å². The van der Waals surface area contributed by atoms with Crippen LogP contribution in [0.25, 0.3) is 0 Å². The normalized spacial score (nSPS) is 30.1. The highest BCUT2D eigenvalue weighted by atomic mass is 14.5. The Morgan fingerprint density at radius 2 is 2.00 bits per heavy atom. The van der Waals surface area contributed by atoms with Gasteiger partial charge in [0.05, 0.1) is 11.5 Å². The summed E-state index contributed by atoms with van der Waals surface area (Å²) in [6, 6.07) is 11.0. The van der Waals surface area contributed by atoms with Gasteiger partial charge in [0.15, 0.2) is 0 Å². The third-order valence-corrected chi connectivity index (χ3v) is 3.82. The number of aryl methyl sites for hydroxylation is 1. The molecule has 0 aliphatic heterocycles. The van der Waals surface area contributed by atoms with Crippen molar-refractivity contribution >= 4 is 0 Å². The first kappa shape index (κ1) is 10.2. The van der Waals surface area contributed by atoms with Gasteiger partial charge in [0.2, 0.25) is 0 Å². The van der Waals surface area contributed by atoms with E-state index in [0.29, 0.717) is 5.92 Å². The summed E-state index contributed by atoms with van der Waals surface area (Å²) in [7, 11) is 0. The number of nitrogens with zero attached hydrogens (tertiary/aromatic N) is 1. The van der Waals surface area contributed by atoms with Gasteiger partial charge in [-0.3, -0.25) is 0 Å². The maximum absolute atomic E-state index is 9.46. The number of hydrogen-bond acceptors (Lipinski definition) is 1. The summed E-state index contributed by atoms with van der Waals surface area (Å²) in [4.78, 5) is 0. The summed E-state index contributed by atoms with van der Waals surface area (Å²) in [5.74, 6) is 0.491. The van der Waals surface area contributed by atoms with Crippen LogP contribution < -0.4 is 0 Å². The Morgan fingerprint density at radius 1 is 1.33 bits per heavy atom. The minimum Gasteiger partial charge on any atom is -0.197 e. The van der Waals surface area contributed by atoms with E-state index in [9.17, 15) is 5.26 Å². The summed E-state index contributed by atoms with van der Waals surface area (Å²) >= 11 is 0. The first-order valence-electron chi connectivity index (χ1n) is 5.67. The molecule has 0 spiro atoms. The first-order chi connectivity index (χ1) is 7.19. The molecule has 1 aromatic carbocycles. The maximum Gasteiger partial charge on any atom is 0.0847 e. The average Bonchev–Trinajstić information content (AvgIpc) is 2.62. The fourth-order valence-corrected chi connectivity index (χ4v) is 2.69. The first-order valence-corrected chi connectivity index (χ1v) is 5.67. The minimum absolute atomic E-state index is 0.215. The van der Waals surface area contributed by atoms with Crippen molar-refractivity contribution in [2.45, 2.75) is 38.5 Å². The van der Waals surface area contributed by atoms with E-state index in [1.54, 1.807) is 0 Å². The van der Waals surface area contributed by atoms with E-state index in [0.717, 1.165) is 6.42 Å². The highest BCUT2D eigenvalue weighted by Crippen LogP contribution is 2.44. The third kappa shape index (κ3) is 1.55. The second-order valence-electron chi connectivity index (χ2n) is 4.74. The van der Waals surface area contributed by atoms with Gasteiger partial charge in [0.1, 0.15) is 0 Å². The number of benzene rings is 1. The Hall–Kier alpha value is -1.29. The Morgan fingerprint density at radius 3 is 2.47 bits per heavy atom. The van der Waals surface area contributed by atoms with Gasteiger partial charge in [-0.1, -0.05) is 43.2 Å². The van der Waals surface area contributed by atoms with Crippen LogP contribution in [0.4, 0.5) is 0 Å². The van der Waals surface area contributed by atoms with E-state index >= 15 is 0 Å². The van der Waals surface area contributed by atoms with Crippen molar-refractivity contribution in [1.29, 1.82) is 5.26 Å². The third-order valence-electron chi connectivity index (χ3n) is 3.82. The van der Waals surface area contributed by atoms with E-state index in [1.165, 1.54) is 24.0 Å². The van der Waals surface area contributed by atoms with Crippen molar-refractivity contribution in [1.82, 2.24) is 0 Å². The monoisotopic (exact) mass is 199 g/mol. The van der Waals surface area contributed by atoms with E-state index in [-0.39, 0.29) is 5.41 Å². The quantitative estimate of drug-likeness (QED) is 0.678. The van der Waals surface area contributed by atoms with Gasteiger partial charge in [-0.25, -0.2) is 0 Å². The molecule has 0 heterocycles. The smallest absolute Gasteiger partial charge is 0.0847 e. The molecule has 2 atom stereocenters. The van der Waals surface area contributed by atoms with Gasteiger partial charge in [0.25, 0.3) is 0 Å². The van der Waals surface area contributed by atoms with Gasteiger partial charge in [0, 0.05) is 0 Å². The zero-order valence-corrected chi connectivity index (χ0v) is 9.46. The van der Waals surface area contributed by atoms with E-state index < -0.39 is 0 Å². The SMILES string of the molecule is Cc1ccc(C2(C#N)CCCC2C)cc1. The fraction of sp³-hybridized carbons (Fsp3) is 0.500. The zero-order valence-electron chi connectivity index (χ0n) is 9.46. The Kier molecular flexibility index (Phi) is 2.52. The van der Waals surface area contributed by atoms with Crippen LogP contribution in [0.3, 0.4) is 0 Å². The molecular formula is C14H17N. The van der Waals surface area contributed by atoms with Crippen LogP contribution in [0.15, 0.2) is 24.3 Å². The van der Waals surface area contributed by atoms with Crippen molar-refractivity contribution in [2.24, 2.45) is 5.92 Å². The van der Waals surface area contributed by atoms with Crippen molar-refractivity contribution in [3.05, 3.63) is 35.4 Å². The lowest BCUT2D eigenvalue weighted by Gasteiger charge is -2.26. The van der Waals surface area contributed by atoms with Crippen LogP contribution in [-0.4, -0.2) is 0 Å². The number of hydrogen-bond donors (Lipinski definition) is 0. The molecule has 0 N–H and O–H groups in total. The molecular weight excluding hydrogens is 182 g/mol. The standard InChI is InChI=1S/C14H17N/c1-11-5-7-13(8-6-11)14(10-15)9-3-4-12(14)2/h5-8,12H,3-4,9H2,1-2H3. The average molecular weight is 199 g/mol. The predicted molar refractivity (Wildman–Crippen MR) is 61.5 cm³/mol. The molecule has 0 aromatic heterocycles. The predicted octanol–water partition coefficient (Wildman–Crippen LogP) is 3.58. The molecule has 1 nitrogen and oxygen atoms in total. The fourth-order valence-electron chi connectivity index (χ4n) is 2.69. The van der Waals surface area contributed by atoms with Crippen LogP contribution in [-0.2, 0) is 5.41 Å². The summed E-state index contributed by atoms with van der Waals surface area (Å²) in [6.45, 7) is 4.29. The van der Waals surface area contributed by atoms with Gasteiger partial charge in [-0.2, -0.15) is 5.26 Å². The summed E-state index contributed by atoms with van der Waals surface area (Å²) < 4.78 is 0. The molecule has 2 rings (SSSR count). The molecule has 15 heavy (non-hydrogen) atoms. The Bertz CT molecular complexity index is 385. The maximum atomic E-state index is 9.46. The van der Waals surface area contributed by atoms with Gasteiger partial charge in [-0.05, 0) is 31.2 Å². The van der Waals surface area contributed by atoms with Crippen molar-refractivity contribution in [3.63, 3.8) is 0 Å². The number of nitriles is 1. The molecule has 0 saturated heterocycles. The molecule has 0 bridgehead atoms. The van der Waals surface area contributed by atoms with E-state index in [1.807, 2.05) is 0 Å². The van der Waals surface area contributed by atoms with Gasteiger partial charge in [-0.15, -0.1) is 0 Å². The van der Waals surface area contributed by atoms with Crippen LogP contribution in [0, 0.1) is 24.2 Å². The molecule has 78 valence electrons. The van der Waals surface area contributed by atoms with Crippen LogP contribution >= 0.6 is 0 Å². The Balaban J connectivity index is 2.43. The van der Waals surface area contributed by atoms with Gasteiger partial charge < -0.3 is 0 Å². The lowest BCUT2D eigenvalue weighted by molar-refractivity contribution is 0.431. The minimum atomic E-state index is -0.215. The lowest BCUT2D eigenvalue weighted by atomic mass is 9.74. The second kappa shape index (κ2) is 3.70. The molecule has 2 unspecified atom stereocenters. The highest BCUT2D eigenvalue weighted by molar-refractivity contribution is 5.36. The Labute approximate surface area is 91.7 Å².